The Morgan fingerprint density at radius 3 is 2.46 bits per heavy atom. The number of sulfonamides is 1. The van der Waals surface area contributed by atoms with Gasteiger partial charge in [-0.05, 0) is 42.2 Å². The van der Waals surface area contributed by atoms with E-state index in [1.54, 1.807) is 12.1 Å². The molecule has 0 unspecified atom stereocenters. The van der Waals surface area contributed by atoms with Crippen LogP contribution >= 0.6 is 0 Å². The van der Waals surface area contributed by atoms with Crippen LogP contribution < -0.4 is 10.0 Å². The van der Waals surface area contributed by atoms with Gasteiger partial charge in [-0.25, -0.2) is 17.5 Å². The number of carbonyl (C=O) groups is 1. The molecule has 0 aliphatic carbocycles. The third kappa shape index (κ3) is 6.61. The summed E-state index contributed by atoms with van der Waals surface area (Å²) in [5.74, 6) is -0.488. The van der Waals surface area contributed by atoms with E-state index in [-0.39, 0.29) is 18.2 Å². The summed E-state index contributed by atoms with van der Waals surface area (Å²) in [7, 11) is -3.77. The predicted molar refractivity (Wildman–Crippen MR) is 96.0 cm³/mol. The van der Waals surface area contributed by atoms with E-state index in [0.717, 1.165) is 0 Å². The number of halogens is 1. The molecule has 0 aliphatic rings. The normalized spacial score (nSPS) is 12.9. The maximum atomic E-state index is 13.0. The van der Waals surface area contributed by atoms with Gasteiger partial charge in [-0.3, -0.25) is 4.79 Å². The molecule has 2 aromatic rings. The average Bonchev–Trinajstić information content (AvgIpc) is 3.06. The first-order valence-corrected chi connectivity index (χ1v) is 9.95. The number of hydrogen-bond acceptors (Lipinski definition) is 4. The second-order valence-corrected chi connectivity index (χ2v) is 8.24. The van der Waals surface area contributed by atoms with Crippen LogP contribution in [-0.4, -0.2) is 20.4 Å². The second kappa shape index (κ2) is 8.95. The molecule has 1 aromatic carbocycles. The van der Waals surface area contributed by atoms with Crippen molar-refractivity contribution in [2.24, 2.45) is 5.92 Å². The largest absolute Gasteiger partial charge is 0.467 e. The second-order valence-electron chi connectivity index (χ2n) is 6.48. The molecule has 0 saturated heterocycles. The quantitative estimate of drug-likeness (QED) is 0.698. The fourth-order valence-electron chi connectivity index (χ4n) is 2.45. The third-order valence-corrected chi connectivity index (χ3v) is 4.99. The van der Waals surface area contributed by atoms with Crippen LogP contribution in [0.25, 0.3) is 0 Å². The summed E-state index contributed by atoms with van der Waals surface area (Å²) < 4.78 is 45.4. The highest BCUT2D eigenvalue weighted by Crippen LogP contribution is 2.11. The summed E-state index contributed by atoms with van der Waals surface area (Å²) in [4.78, 5) is 12.4. The van der Waals surface area contributed by atoms with Crippen molar-refractivity contribution >= 4 is 15.9 Å². The zero-order valence-electron chi connectivity index (χ0n) is 14.7. The molecule has 1 atom stereocenters. The van der Waals surface area contributed by atoms with Gasteiger partial charge in [0.25, 0.3) is 0 Å². The molecule has 0 radical (unpaired) electrons. The molecule has 0 aliphatic heterocycles. The lowest BCUT2D eigenvalue weighted by atomic mass is 10.0. The number of furan rings is 1. The van der Waals surface area contributed by atoms with E-state index < -0.39 is 27.8 Å². The first-order chi connectivity index (χ1) is 12.2. The van der Waals surface area contributed by atoms with Crippen molar-refractivity contribution in [3.05, 3.63) is 59.8 Å². The van der Waals surface area contributed by atoms with Crippen LogP contribution in [-0.2, 0) is 27.1 Å². The molecule has 1 aromatic heterocycles. The van der Waals surface area contributed by atoms with E-state index in [1.807, 2.05) is 13.8 Å². The monoisotopic (exact) mass is 382 g/mol. The Kier molecular flexibility index (Phi) is 6.93. The molecule has 2 rings (SSSR count). The van der Waals surface area contributed by atoms with Crippen molar-refractivity contribution in [3.8, 4) is 0 Å². The van der Waals surface area contributed by atoms with Gasteiger partial charge in [0, 0.05) is 0 Å². The molecule has 142 valence electrons. The number of amides is 1. The van der Waals surface area contributed by atoms with Gasteiger partial charge in [0.2, 0.25) is 15.9 Å². The SMILES string of the molecule is CC(C)C[C@H](NS(=O)(=O)Cc1ccc(F)cc1)C(=O)NCc1ccco1. The smallest absolute Gasteiger partial charge is 0.238 e. The Labute approximate surface area is 152 Å². The number of rotatable bonds is 9. The highest BCUT2D eigenvalue weighted by atomic mass is 32.2. The Balaban J connectivity index is 2.02. The zero-order chi connectivity index (χ0) is 19.2. The van der Waals surface area contributed by atoms with Crippen LogP contribution in [0, 0.1) is 11.7 Å². The fourth-order valence-corrected chi connectivity index (χ4v) is 3.80. The van der Waals surface area contributed by atoms with Crippen molar-refractivity contribution in [1.29, 1.82) is 0 Å². The topological polar surface area (TPSA) is 88.4 Å². The van der Waals surface area contributed by atoms with Gasteiger partial charge in [0.15, 0.2) is 0 Å². The molecule has 0 bridgehead atoms. The zero-order valence-corrected chi connectivity index (χ0v) is 15.6. The van der Waals surface area contributed by atoms with Gasteiger partial charge in [-0.1, -0.05) is 26.0 Å². The summed E-state index contributed by atoms with van der Waals surface area (Å²) in [6.07, 6.45) is 1.85. The van der Waals surface area contributed by atoms with Crippen molar-refractivity contribution < 1.29 is 22.0 Å². The van der Waals surface area contributed by atoms with Gasteiger partial charge in [0.1, 0.15) is 17.6 Å². The summed E-state index contributed by atoms with van der Waals surface area (Å²) in [6, 6.07) is 7.75. The minimum atomic E-state index is -3.77. The number of nitrogens with one attached hydrogen (secondary N) is 2. The number of hydrogen-bond donors (Lipinski definition) is 2. The Morgan fingerprint density at radius 2 is 1.88 bits per heavy atom. The minimum Gasteiger partial charge on any atom is -0.467 e. The highest BCUT2D eigenvalue weighted by molar-refractivity contribution is 7.88. The Hall–Kier alpha value is -2.19. The van der Waals surface area contributed by atoms with E-state index >= 15 is 0 Å². The predicted octanol–water partition coefficient (Wildman–Crippen LogP) is 2.57. The summed E-state index contributed by atoms with van der Waals surface area (Å²) in [5, 5.41) is 2.68. The van der Waals surface area contributed by atoms with Crippen LogP contribution in [0.3, 0.4) is 0 Å². The van der Waals surface area contributed by atoms with Crippen LogP contribution in [0.2, 0.25) is 0 Å². The summed E-state index contributed by atoms with van der Waals surface area (Å²) >= 11 is 0. The van der Waals surface area contributed by atoms with E-state index in [9.17, 15) is 17.6 Å². The van der Waals surface area contributed by atoms with E-state index in [2.05, 4.69) is 10.0 Å². The molecule has 2 N–H and O–H groups in total. The van der Waals surface area contributed by atoms with Crippen LogP contribution in [0.15, 0.2) is 47.1 Å². The molecular formula is C18H23FN2O4S. The van der Waals surface area contributed by atoms with E-state index in [1.165, 1.54) is 30.5 Å². The molecule has 6 nitrogen and oxygen atoms in total. The van der Waals surface area contributed by atoms with Gasteiger partial charge >= 0.3 is 0 Å². The standard InChI is InChI=1S/C18H23FN2O4S/c1-13(2)10-17(18(22)20-11-16-4-3-9-25-16)21-26(23,24)12-14-5-7-15(19)8-6-14/h3-9,13,17,21H,10-12H2,1-2H3,(H,20,22)/t17-/m0/s1. The van der Waals surface area contributed by atoms with Crippen molar-refractivity contribution in [2.75, 3.05) is 0 Å². The molecule has 0 spiro atoms. The lowest BCUT2D eigenvalue weighted by molar-refractivity contribution is -0.123. The first kappa shape index (κ1) is 20.1. The average molecular weight is 382 g/mol. The number of carbonyl (C=O) groups excluding carboxylic acids is 1. The Bertz CT molecular complexity index is 802. The summed E-state index contributed by atoms with van der Waals surface area (Å²) in [6.45, 7) is 3.99. The molecule has 0 fully saturated rings. The maximum Gasteiger partial charge on any atom is 0.238 e. The van der Waals surface area contributed by atoms with Crippen molar-refractivity contribution in [1.82, 2.24) is 10.0 Å². The fraction of sp³-hybridized carbons (Fsp3) is 0.389. The van der Waals surface area contributed by atoms with Crippen molar-refractivity contribution in [2.45, 2.75) is 38.6 Å². The van der Waals surface area contributed by atoms with Gasteiger partial charge < -0.3 is 9.73 Å². The van der Waals surface area contributed by atoms with Crippen LogP contribution in [0.1, 0.15) is 31.6 Å². The number of benzene rings is 1. The van der Waals surface area contributed by atoms with Gasteiger partial charge in [0.05, 0.1) is 18.6 Å². The molecule has 1 amide bonds. The van der Waals surface area contributed by atoms with Gasteiger partial charge in [-0.15, -0.1) is 0 Å². The Morgan fingerprint density at radius 1 is 1.19 bits per heavy atom. The highest BCUT2D eigenvalue weighted by Gasteiger charge is 2.25. The van der Waals surface area contributed by atoms with Crippen LogP contribution in [0.5, 0.6) is 0 Å². The molecule has 8 heteroatoms. The molecule has 26 heavy (non-hydrogen) atoms. The maximum absolute atomic E-state index is 13.0. The lowest BCUT2D eigenvalue weighted by Gasteiger charge is -2.20. The van der Waals surface area contributed by atoms with Gasteiger partial charge in [-0.2, -0.15) is 0 Å². The molecule has 0 saturated carbocycles. The van der Waals surface area contributed by atoms with Crippen molar-refractivity contribution in [3.63, 3.8) is 0 Å². The molecular weight excluding hydrogens is 359 g/mol. The molecule has 1 heterocycles. The van der Waals surface area contributed by atoms with E-state index in [0.29, 0.717) is 17.7 Å². The minimum absolute atomic E-state index is 0.114. The lowest BCUT2D eigenvalue weighted by Crippen LogP contribution is -2.47. The van der Waals surface area contributed by atoms with Crippen LogP contribution in [0.4, 0.5) is 4.39 Å². The summed E-state index contributed by atoms with van der Waals surface area (Å²) in [5.41, 5.74) is 0.443. The van der Waals surface area contributed by atoms with E-state index in [4.69, 9.17) is 4.42 Å². The first-order valence-electron chi connectivity index (χ1n) is 8.29. The third-order valence-electron chi connectivity index (χ3n) is 3.63.